The second kappa shape index (κ2) is 10.5. The lowest BCUT2D eigenvalue weighted by molar-refractivity contribution is 0.0998. The fourth-order valence-corrected chi connectivity index (χ4v) is 7.32. The number of ether oxygens (including phenoxy) is 2. The standard InChI is InChI=1S/C26H29N3O5S2/c1-6-11-29-21-13-22(33-4)23(34-5)14-24(21)35-26(29)27-25(30)19-7-9-20(10-8-19)36(31,32)28-15-17(2)12-18(3)16-28/h1,7-10,13-14,17-18H,11-12,15-16H2,2-5H3. The minimum absolute atomic E-state index is 0.170. The van der Waals surface area contributed by atoms with Crippen molar-refractivity contribution in [3.63, 3.8) is 0 Å². The van der Waals surface area contributed by atoms with E-state index < -0.39 is 15.9 Å². The molecule has 10 heteroatoms. The lowest BCUT2D eigenvalue weighted by atomic mass is 9.94. The summed E-state index contributed by atoms with van der Waals surface area (Å²) in [5.74, 6) is 3.82. The highest BCUT2D eigenvalue weighted by molar-refractivity contribution is 7.89. The SMILES string of the molecule is C#CCn1c(=NC(=O)c2ccc(S(=O)(=O)N3CC(C)CC(C)C3)cc2)sc2cc(OC)c(OC)cc21. The van der Waals surface area contributed by atoms with Crippen molar-refractivity contribution in [1.29, 1.82) is 0 Å². The number of nitrogens with zero attached hydrogens (tertiary/aromatic N) is 3. The Kier molecular flexibility index (Phi) is 7.54. The van der Waals surface area contributed by atoms with Crippen molar-refractivity contribution < 1.29 is 22.7 Å². The van der Waals surface area contributed by atoms with Crippen molar-refractivity contribution >= 4 is 37.5 Å². The summed E-state index contributed by atoms with van der Waals surface area (Å²) in [6.07, 6.45) is 6.59. The van der Waals surface area contributed by atoms with E-state index in [-0.39, 0.29) is 17.0 Å². The maximum Gasteiger partial charge on any atom is 0.279 e. The van der Waals surface area contributed by atoms with E-state index in [2.05, 4.69) is 24.8 Å². The van der Waals surface area contributed by atoms with Gasteiger partial charge >= 0.3 is 0 Å². The molecule has 3 aromatic rings. The summed E-state index contributed by atoms with van der Waals surface area (Å²) in [6, 6.07) is 9.56. The van der Waals surface area contributed by atoms with E-state index >= 15 is 0 Å². The Labute approximate surface area is 215 Å². The Hall–Kier alpha value is -3.13. The third-order valence-electron chi connectivity index (χ3n) is 6.21. The highest BCUT2D eigenvalue weighted by atomic mass is 32.2. The summed E-state index contributed by atoms with van der Waals surface area (Å²) in [7, 11) is -0.529. The number of benzene rings is 2. The van der Waals surface area contributed by atoms with E-state index in [1.165, 1.54) is 39.9 Å². The molecule has 2 unspecified atom stereocenters. The maximum atomic E-state index is 13.1. The molecule has 0 saturated carbocycles. The lowest BCUT2D eigenvalue weighted by Gasteiger charge is -2.34. The number of methoxy groups -OCH3 is 2. The first-order valence-electron chi connectivity index (χ1n) is 11.6. The number of aromatic nitrogens is 1. The molecule has 36 heavy (non-hydrogen) atoms. The molecule has 190 valence electrons. The third-order valence-corrected chi connectivity index (χ3v) is 9.10. The van der Waals surface area contributed by atoms with Crippen LogP contribution in [0.4, 0.5) is 0 Å². The molecule has 2 atom stereocenters. The Morgan fingerprint density at radius 2 is 1.72 bits per heavy atom. The second-order valence-electron chi connectivity index (χ2n) is 9.06. The largest absolute Gasteiger partial charge is 0.493 e. The van der Waals surface area contributed by atoms with Crippen molar-refractivity contribution in [1.82, 2.24) is 8.87 Å². The van der Waals surface area contributed by atoms with Gasteiger partial charge in [-0.05, 0) is 42.5 Å². The smallest absolute Gasteiger partial charge is 0.279 e. The van der Waals surface area contributed by atoms with Crippen LogP contribution in [0.5, 0.6) is 11.5 Å². The number of piperidine rings is 1. The van der Waals surface area contributed by atoms with E-state index in [1.54, 1.807) is 24.9 Å². The van der Waals surface area contributed by atoms with Crippen LogP contribution in [0.1, 0.15) is 30.6 Å². The van der Waals surface area contributed by atoms with Crippen LogP contribution in [0, 0.1) is 24.2 Å². The first kappa shape index (κ1) is 25.9. The highest BCUT2D eigenvalue weighted by Gasteiger charge is 2.31. The Bertz CT molecular complexity index is 1490. The molecule has 0 radical (unpaired) electrons. The minimum atomic E-state index is -3.63. The van der Waals surface area contributed by atoms with Gasteiger partial charge in [-0.15, -0.1) is 6.42 Å². The van der Waals surface area contributed by atoms with Gasteiger partial charge in [-0.25, -0.2) is 8.42 Å². The van der Waals surface area contributed by atoms with Gasteiger partial charge in [-0.3, -0.25) is 4.79 Å². The summed E-state index contributed by atoms with van der Waals surface area (Å²) >= 11 is 1.30. The van der Waals surface area contributed by atoms with Crippen LogP contribution in [0.25, 0.3) is 10.2 Å². The third kappa shape index (κ3) is 5.05. The number of hydrogen-bond donors (Lipinski definition) is 0. The Morgan fingerprint density at radius 1 is 1.11 bits per heavy atom. The molecule has 1 amide bonds. The predicted molar refractivity (Wildman–Crippen MR) is 140 cm³/mol. The minimum Gasteiger partial charge on any atom is -0.493 e. The van der Waals surface area contributed by atoms with E-state index in [9.17, 15) is 13.2 Å². The summed E-state index contributed by atoms with van der Waals surface area (Å²) in [6.45, 7) is 5.34. The number of carbonyl (C=O) groups is 1. The molecule has 4 rings (SSSR count). The molecule has 0 aliphatic carbocycles. The summed E-state index contributed by atoms with van der Waals surface area (Å²) in [4.78, 5) is 17.9. The Balaban J connectivity index is 1.67. The molecule has 0 bridgehead atoms. The number of carbonyl (C=O) groups excluding carboxylic acids is 1. The van der Waals surface area contributed by atoms with Gasteiger partial charge in [-0.2, -0.15) is 9.30 Å². The van der Waals surface area contributed by atoms with Crippen molar-refractivity contribution in [2.45, 2.75) is 31.7 Å². The first-order chi connectivity index (χ1) is 17.2. The van der Waals surface area contributed by atoms with Gasteiger partial charge < -0.3 is 14.0 Å². The van der Waals surface area contributed by atoms with E-state index in [0.29, 0.717) is 41.2 Å². The van der Waals surface area contributed by atoms with Crippen LogP contribution in [0.3, 0.4) is 0 Å². The number of amides is 1. The van der Waals surface area contributed by atoms with Gasteiger partial charge in [0.05, 0.1) is 35.9 Å². The maximum absolute atomic E-state index is 13.1. The zero-order chi connectivity index (χ0) is 26.0. The quantitative estimate of drug-likeness (QED) is 0.456. The monoisotopic (exact) mass is 527 g/mol. The summed E-state index contributed by atoms with van der Waals surface area (Å²) in [5.41, 5.74) is 1.06. The van der Waals surface area contributed by atoms with Crippen LogP contribution >= 0.6 is 11.3 Å². The number of thiazole rings is 1. The number of rotatable bonds is 6. The number of sulfonamides is 1. The van der Waals surface area contributed by atoms with Gasteiger partial charge in [0.15, 0.2) is 16.3 Å². The lowest BCUT2D eigenvalue weighted by Crippen LogP contribution is -2.42. The van der Waals surface area contributed by atoms with Crippen LogP contribution < -0.4 is 14.3 Å². The van der Waals surface area contributed by atoms with Crippen LogP contribution in [-0.2, 0) is 16.6 Å². The van der Waals surface area contributed by atoms with Gasteiger partial charge in [0.1, 0.15) is 0 Å². The fourth-order valence-electron chi connectivity index (χ4n) is 4.60. The predicted octanol–water partition coefficient (Wildman–Crippen LogP) is 3.76. The van der Waals surface area contributed by atoms with Gasteiger partial charge in [0, 0.05) is 30.8 Å². The van der Waals surface area contributed by atoms with E-state index in [1.807, 2.05) is 6.07 Å². The van der Waals surface area contributed by atoms with Gasteiger partial charge in [-0.1, -0.05) is 31.1 Å². The van der Waals surface area contributed by atoms with Crippen molar-refractivity contribution in [2.75, 3.05) is 27.3 Å². The fraction of sp³-hybridized carbons (Fsp3) is 0.385. The molecule has 1 aliphatic heterocycles. The normalized spacial score (nSPS) is 19.2. The van der Waals surface area contributed by atoms with Crippen molar-refractivity contribution in [3.05, 3.63) is 46.8 Å². The first-order valence-corrected chi connectivity index (χ1v) is 13.8. The summed E-state index contributed by atoms with van der Waals surface area (Å²) < 4.78 is 41.2. The molecule has 2 aromatic carbocycles. The topological polar surface area (TPSA) is 90.2 Å². The average molecular weight is 528 g/mol. The van der Waals surface area contributed by atoms with Crippen LogP contribution in [0.15, 0.2) is 46.3 Å². The molecule has 1 saturated heterocycles. The highest BCUT2D eigenvalue weighted by Crippen LogP contribution is 2.33. The molecule has 2 heterocycles. The zero-order valence-electron chi connectivity index (χ0n) is 20.7. The Morgan fingerprint density at radius 3 is 2.31 bits per heavy atom. The van der Waals surface area contributed by atoms with Crippen molar-refractivity contribution in [3.8, 4) is 23.8 Å². The molecule has 1 fully saturated rings. The average Bonchev–Trinajstić information content (AvgIpc) is 3.18. The molecule has 8 nitrogen and oxygen atoms in total. The van der Waals surface area contributed by atoms with Crippen LogP contribution in [-0.4, -0.2) is 50.5 Å². The number of terminal acetylenes is 1. The molecule has 1 aliphatic rings. The van der Waals surface area contributed by atoms with Gasteiger partial charge in [0.25, 0.3) is 5.91 Å². The second-order valence-corrected chi connectivity index (χ2v) is 12.0. The van der Waals surface area contributed by atoms with Gasteiger partial charge in [0.2, 0.25) is 10.0 Å². The van der Waals surface area contributed by atoms with E-state index in [4.69, 9.17) is 15.9 Å². The molecule has 1 aromatic heterocycles. The van der Waals surface area contributed by atoms with Crippen LogP contribution in [0.2, 0.25) is 0 Å². The molecule has 0 N–H and O–H groups in total. The van der Waals surface area contributed by atoms with E-state index in [0.717, 1.165) is 16.6 Å². The van der Waals surface area contributed by atoms with Crippen molar-refractivity contribution in [2.24, 2.45) is 16.8 Å². The zero-order valence-corrected chi connectivity index (χ0v) is 22.4. The molecular weight excluding hydrogens is 498 g/mol. The molecular formula is C26H29N3O5S2. The number of fused-ring (bicyclic) bond motifs is 1. The molecule has 0 spiro atoms. The number of hydrogen-bond acceptors (Lipinski definition) is 6. The summed E-state index contributed by atoms with van der Waals surface area (Å²) in [5, 5.41) is 0.